The molecule has 2 N–H and O–H groups in total. The minimum Gasteiger partial charge on any atom is -0.339 e. The van der Waals surface area contributed by atoms with Gasteiger partial charge in [-0.1, -0.05) is 12.1 Å². The molecule has 0 saturated carbocycles. The molecule has 1 saturated heterocycles. The molecule has 2 aromatic carbocycles. The molecule has 160 valence electrons. The zero-order valence-corrected chi connectivity index (χ0v) is 16.0. The van der Waals surface area contributed by atoms with Crippen LogP contribution in [0.4, 0.5) is 28.0 Å². The molecule has 0 bridgehead atoms. The Morgan fingerprint density at radius 3 is 2.23 bits per heavy atom. The molecule has 0 unspecified atom stereocenters. The van der Waals surface area contributed by atoms with E-state index in [0.29, 0.717) is 32.5 Å². The first-order chi connectivity index (χ1) is 14.2. The molecule has 2 aromatic rings. The van der Waals surface area contributed by atoms with Gasteiger partial charge in [0.2, 0.25) is 0 Å². The average molecular weight is 423 g/mol. The second-order valence-corrected chi connectivity index (χ2v) is 7.13. The summed E-state index contributed by atoms with van der Waals surface area (Å²) >= 11 is 0. The van der Waals surface area contributed by atoms with Gasteiger partial charge in [-0.25, -0.2) is 9.18 Å². The SMILES string of the molecule is O=C(NCC1CCN(C(=O)c2ccccc2F)CC1)Nc1ccc(C(F)(F)F)cc1. The molecule has 1 aliphatic rings. The molecule has 1 heterocycles. The lowest BCUT2D eigenvalue weighted by molar-refractivity contribution is -0.137. The first-order valence-electron chi connectivity index (χ1n) is 9.50. The van der Waals surface area contributed by atoms with Crippen LogP contribution < -0.4 is 10.6 Å². The molecule has 5 nitrogen and oxygen atoms in total. The number of amides is 3. The summed E-state index contributed by atoms with van der Waals surface area (Å²) in [7, 11) is 0. The fourth-order valence-electron chi connectivity index (χ4n) is 3.30. The third-order valence-electron chi connectivity index (χ3n) is 5.03. The zero-order valence-electron chi connectivity index (χ0n) is 16.0. The smallest absolute Gasteiger partial charge is 0.339 e. The maximum absolute atomic E-state index is 13.8. The molecule has 0 radical (unpaired) electrons. The van der Waals surface area contributed by atoms with Crippen LogP contribution in [-0.2, 0) is 6.18 Å². The maximum atomic E-state index is 13.8. The van der Waals surface area contributed by atoms with Crippen LogP contribution in [0.15, 0.2) is 48.5 Å². The fraction of sp³-hybridized carbons (Fsp3) is 0.333. The zero-order chi connectivity index (χ0) is 21.7. The Bertz CT molecular complexity index is 892. The number of likely N-dealkylation sites (tertiary alicyclic amines) is 1. The maximum Gasteiger partial charge on any atom is 0.416 e. The van der Waals surface area contributed by atoms with Crippen LogP contribution >= 0.6 is 0 Å². The lowest BCUT2D eigenvalue weighted by Gasteiger charge is -2.32. The largest absolute Gasteiger partial charge is 0.416 e. The minimum atomic E-state index is -4.43. The number of piperidine rings is 1. The van der Waals surface area contributed by atoms with Crippen molar-refractivity contribution in [3.05, 3.63) is 65.5 Å². The molecule has 0 aromatic heterocycles. The van der Waals surface area contributed by atoms with Crippen LogP contribution in [0.1, 0.15) is 28.8 Å². The molecular formula is C21H21F4N3O2. The third-order valence-corrected chi connectivity index (χ3v) is 5.03. The van der Waals surface area contributed by atoms with Crippen molar-refractivity contribution in [2.75, 3.05) is 25.0 Å². The monoisotopic (exact) mass is 423 g/mol. The Kier molecular flexibility index (Phi) is 6.59. The molecule has 30 heavy (non-hydrogen) atoms. The van der Waals surface area contributed by atoms with Crippen molar-refractivity contribution in [3.63, 3.8) is 0 Å². The van der Waals surface area contributed by atoms with Gasteiger partial charge in [-0.2, -0.15) is 13.2 Å². The number of anilines is 1. The summed E-state index contributed by atoms with van der Waals surface area (Å²) in [6.45, 7) is 1.29. The van der Waals surface area contributed by atoms with Gasteiger partial charge < -0.3 is 15.5 Å². The summed E-state index contributed by atoms with van der Waals surface area (Å²) < 4.78 is 51.5. The first-order valence-corrected chi connectivity index (χ1v) is 9.50. The Labute approximate surface area is 171 Å². The van der Waals surface area contributed by atoms with Crippen LogP contribution in [0.5, 0.6) is 0 Å². The van der Waals surface area contributed by atoms with Gasteiger partial charge in [0, 0.05) is 25.3 Å². The number of nitrogens with one attached hydrogen (secondary N) is 2. The highest BCUT2D eigenvalue weighted by molar-refractivity contribution is 5.94. The third kappa shape index (κ3) is 5.49. The summed E-state index contributed by atoms with van der Waals surface area (Å²) in [5, 5.41) is 5.19. The highest BCUT2D eigenvalue weighted by Crippen LogP contribution is 2.29. The standard InChI is InChI=1S/C21H21F4N3O2/c22-18-4-2-1-3-17(18)19(29)28-11-9-14(10-12-28)13-26-20(30)27-16-7-5-15(6-8-16)21(23,24)25/h1-8,14H,9-13H2,(H2,26,27,30). The Hall–Kier alpha value is -3.10. The highest BCUT2D eigenvalue weighted by atomic mass is 19.4. The van der Waals surface area contributed by atoms with E-state index >= 15 is 0 Å². The van der Waals surface area contributed by atoms with E-state index in [1.807, 2.05) is 0 Å². The van der Waals surface area contributed by atoms with Crippen molar-refractivity contribution >= 4 is 17.6 Å². The topological polar surface area (TPSA) is 61.4 Å². The number of carbonyl (C=O) groups is 2. The first kappa shape index (κ1) is 21.6. The number of halogens is 4. The molecule has 0 aliphatic carbocycles. The second kappa shape index (κ2) is 9.15. The van der Waals surface area contributed by atoms with E-state index in [-0.39, 0.29) is 23.1 Å². The highest BCUT2D eigenvalue weighted by Gasteiger charge is 2.30. The summed E-state index contributed by atoms with van der Waals surface area (Å²) in [5.74, 6) is -0.751. The lowest BCUT2D eigenvalue weighted by atomic mass is 9.96. The molecule has 3 amide bonds. The van der Waals surface area contributed by atoms with Crippen molar-refractivity contribution in [1.82, 2.24) is 10.2 Å². The number of carbonyl (C=O) groups excluding carboxylic acids is 2. The van der Waals surface area contributed by atoms with Crippen molar-refractivity contribution in [2.45, 2.75) is 19.0 Å². The number of hydrogen-bond donors (Lipinski definition) is 2. The van der Waals surface area contributed by atoms with Crippen LogP contribution in [0.2, 0.25) is 0 Å². The molecular weight excluding hydrogens is 402 g/mol. The van der Waals surface area contributed by atoms with Crippen LogP contribution in [0.3, 0.4) is 0 Å². The quantitative estimate of drug-likeness (QED) is 0.711. The number of hydrogen-bond acceptors (Lipinski definition) is 2. The van der Waals surface area contributed by atoms with E-state index < -0.39 is 23.6 Å². The summed E-state index contributed by atoms with van der Waals surface area (Å²) in [4.78, 5) is 26.0. The number of urea groups is 1. The van der Waals surface area contributed by atoms with E-state index in [1.165, 1.54) is 30.3 Å². The molecule has 9 heteroatoms. The summed E-state index contributed by atoms with van der Waals surface area (Å²) in [5.41, 5.74) is -0.485. The number of nitrogens with zero attached hydrogens (tertiary/aromatic N) is 1. The van der Waals surface area contributed by atoms with E-state index in [4.69, 9.17) is 0 Å². The lowest BCUT2D eigenvalue weighted by Crippen LogP contribution is -2.42. The molecule has 1 fully saturated rings. The summed E-state index contributed by atoms with van der Waals surface area (Å²) in [6.07, 6.45) is -3.12. The minimum absolute atomic E-state index is 0.0463. The predicted molar refractivity (Wildman–Crippen MR) is 103 cm³/mol. The van der Waals surface area contributed by atoms with Gasteiger partial charge in [0.05, 0.1) is 11.1 Å². The van der Waals surface area contributed by atoms with Crippen molar-refractivity contribution in [3.8, 4) is 0 Å². The number of rotatable bonds is 4. The summed E-state index contributed by atoms with van der Waals surface area (Å²) in [6, 6.07) is 9.51. The van der Waals surface area contributed by atoms with Crippen molar-refractivity contribution in [1.29, 1.82) is 0 Å². The van der Waals surface area contributed by atoms with Crippen LogP contribution in [-0.4, -0.2) is 36.5 Å². The molecule has 3 rings (SSSR count). The van der Waals surface area contributed by atoms with Gasteiger partial charge in [0.1, 0.15) is 5.82 Å². The van der Waals surface area contributed by atoms with Crippen LogP contribution in [0, 0.1) is 11.7 Å². The Morgan fingerprint density at radius 1 is 1.00 bits per heavy atom. The Balaban J connectivity index is 1.43. The van der Waals surface area contributed by atoms with Gasteiger partial charge in [-0.3, -0.25) is 4.79 Å². The second-order valence-electron chi connectivity index (χ2n) is 7.13. The van der Waals surface area contributed by atoms with Gasteiger partial charge in [-0.15, -0.1) is 0 Å². The molecule has 0 spiro atoms. The molecule has 0 atom stereocenters. The van der Waals surface area contributed by atoms with Gasteiger partial charge in [-0.05, 0) is 55.2 Å². The van der Waals surface area contributed by atoms with E-state index in [1.54, 1.807) is 11.0 Å². The van der Waals surface area contributed by atoms with Gasteiger partial charge in [0.15, 0.2) is 0 Å². The van der Waals surface area contributed by atoms with Gasteiger partial charge >= 0.3 is 12.2 Å². The van der Waals surface area contributed by atoms with Gasteiger partial charge in [0.25, 0.3) is 5.91 Å². The number of benzene rings is 2. The number of alkyl halides is 3. The van der Waals surface area contributed by atoms with Crippen LogP contribution in [0.25, 0.3) is 0 Å². The normalized spacial score (nSPS) is 15.0. The van der Waals surface area contributed by atoms with E-state index in [9.17, 15) is 27.2 Å². The van der Waals surface area contributed by atoms with Crippen molar-refractivity contribution < 1.29 is 27.2 Å². The Morgan fingerprint density at radius 2 is 1.63 bits per heavy atom. The predicted octanol–water partition coefficient (Wildman–Crippen LogP) is 4.52. The fourth-order valence-corrected chi connectivity index (χ4v) is 3.30. The van der Waals surface area contributed by atoms with E-state index in [0.717, 1.165) is 12.1 Å². The molecule has 1 aliphatic heterocycles. The van der Waals surface area contributed by atoms with Crippen molar-refractivity contribution in [2.24, 2.45) is 5.92 Å². The van der Waals surface area contributed by atoms with E-state index in [2.05, 4.69) is 10.6 Å². The average Bonchev–Trinajstić information content (AvgIpc) is 2.72.